The highest BCUT2D eigenvalue weighted by Gasteiger charge is 2.47. The van der Waals surface area contributed by atoms with Crippen LogP contribution >= 0.6 is 11.3 Å². The number of nitrogens with one attached hydrogen (secondary N) is 1. The zero-order valence-electron chi connectivity index (χ0n) is 13.4. The molecule has 1 saturated heterocycles. The molecule has 3 rings (SSSR count). The van der Waals surface area contributed by atoms with Crippen LogP contribution in [0.15, 0.2) is 29.8 Å². The van der Waals surface area contributed by atoms with Gasteiger partial charge in [-0.15, -0.1) is 11.3 Å². The second kappa shape index (κ2) is 6.23. The van der Waals surface area contributed by atoms with Crippen molar-refractivity contribution in [3.63, 3.8) is 0 Å². The van der Waals surface area contributed by atoms with Gasteiger partial charge in [0.05, 0.1) is 5.69 Å². The maximum Gasteiger partial charge on any atom is 0.248 e. The van der Waals surface area contributed by atoms with Crippen molar-refractivity contribution in [1.82, 2.24) is 14.3 Å². The van der Waals surface area contributed by atoms with Crippen molar-refractivity contribution in [1.29, 1.82) is 0 Å². The van der Waals surface area contributed by atoms with Crippen molar-refractivity contribution >= 4 is 32.4 Å². The molecule has 0 bridgehead atoms. The third kappa shape index (κ3) is 2.94. The molecule has 9 heteroatoms. The zero-order valence-corrected chi connectivity index (χ0v) is 15.0. The van der Waals surface area contributed by atoms with Gasteiger partial charge in [-0.05, 0) is 32.4 Å². The fourth-order valence-corrected chi connectivity index (χ4v) is 4.55. The quantitative estimate of drug-likeness (QED) is 0.873. The first kappa shape index (κ1) is 17.0. The van der Waals surface area contributed by atoms with Crippen molar-refractivity contribution in [3.05, 3.63) is 29.8 Å². The van der Waals surface area contributed by atoms with Crippen molar-refractivity contribution in [3.8, 4) is 11.4 Å². The van der Waals surface area contributed by atoms with Gasteiger partial charge in [-0.3, -0.25) is 9.78 Å². The van der Waals surface area contributed by atoms with Crippen molar-refractivity contribution in [2.75, 3.05) is 18.4 Å². The number of hydrogen-bond donors (Lipinski definition) is 1. The number of sulfonamides is 1. The molecular weight excluding hydrogens is 348 g/mol. The van der Waals surface area contributed by atoms with Gasteiger partial charge in [0.2, 0.25) is 15.9 Å². The topological polar surface area (TPSA) is 92.3 Å². The molecule has 1 amide bonds. The average molecular weight is 366 g/mol. The van der Waals surface area contributed by atoms with Crippen LogP contribution in [0.2, 0.25) is 0 Å². The molecule has 0 unspecified atom stereocenters. The number of nitrogens with zero attached hydrogens (tertiary/aromatic N) is 3. The maximum atomic E-state index is 12.5. The van der Waals surface area contributed by atoms with Crippen molar-refractivity contribution in [2.45, 2.75) is 25.0 Å². The van der Waals surface area contributed by atoms with Gasteiger partial charge >= 0.3 is 0 Å². The van der Waals surface area contributed by atoms with Gasteiger partial charge in [-0.25, -0.2) is 17.7 Å². The summed E-state index contributed by atoms with van der Waals surface area (Å²) in [6.07, 6.45) is 2.49. The van der Waals surface area contributed by atoms with E-state index in [4.69, 9.17) is 0 Å². The van der Waals surface area contributed by atoms with Crippen LogP contribution in [-0.2, 0) is 14.8 Å². The standard InChI is InChI=1S/C15H18N4O3S2/c1-15(2,24(21,22)19-8-5-9-19)13(20)18-14-17-12(10-23-14)11-6-3-4-7-16-11/h3-4,6-7,10H,5,8-9H2,1-2H3,(H,17,18,20). The summed E-state index contributed by atoms with van der Waals surface area (Å²) < 4.78 is 24.9. The Morgan fingerprint density at radius 3 is 2.62 bits per heavy atom. The van der Waals surface area contributed by atoms with Crippen molar-refractivity contribution in [2.24, 2.45) is 0 Å². The summed E-state index contributed by atoms with van der Waals surface area (Å²) in [6.45, 7) is 3.78. The Bertz CT molecular complexity index is 843. The van der Waals surface area contributed by atoms with Gasteiger partial charge in [-0.2, -0.15) is 0 Å². The highest BCUT2D eigenvalue weighted by atomic mass is 32.2. The first-order valence-corrected chi connectivity index (χ1v) is 9.82. The number of carbonyl (C=O) groups is 1. The summed E-state index contributed by atoms with van der Waals surface area (Å²) in [4.78, 5) is 21.0. The number of carbonyl (C=O) groups excluding carboxylic acids is 1. The Morgan fingerprint density at radius 2 is 2.04 bits per heavy atom. The molecule has 1 aliphatic heterocycles. The third-order valence-electron chi connectivity index (χ3n) is 4.00. The van der Waals surface area contributed by atoms with Crippen LogP contribution in [0, 0.1) is 0 Å². The molecule has 2 aromatic rings. The van der Waals surface area contributed by atoms with Crippen LogP contribution in [0.25, 0.3) is 11.4 Å². The lowest BCUT2D eigenvalue weighted by Crippen LogP contribution is -2.55. The number of anilines is 1. The first-order valence-electron chi connectivity index (χ1n) is 7.50. The minimum atomic E-state index is -3.68. The second-order valence-electron chi connectivity index (χ2n) is 5.97. The Morgan fingerprint density at radius 1 is 1.29 bits per heavy atom. The molecular formula is C15H18N4O3S2. The lowest BCUT2D eigenvalue weighted by atomic mass is 10.2. The summed E-state index contributed by atoms with van der Waals surface area (Å²) in [5, 5.41) is 4.74. The minimum Gasteiger partial charge on any atom is -0.301 e. The van der Waals surface area contributed by atoms with E-state index in [9.17, 15) is 13.2 Å². The lowest BCUT2D eigenvalue weighted by molar-refractivity contribution is -0.118. The molecule has 0 radical (unpaired) electrons. The molecule has 24 heavy (non-hydrogen) atoms. The van der Waals surface area contributed by atoms with Gasteiger partial charge in [-0.1, -0.05) is 6.07 Å². The van der Waals surface area contributed by atoms with E-state index >= 15 is 0 Å². The number of aromatic nitrogens is 2. The fraction of sp³-hybridized carbons (Fsp3) is 0.400. The predicted octanol–water partition coefficient (Wildman–Crippen LogP) is 1.96. The monoisotopic (exact) mass is 366 g/mol. The SMILES string of the molecule is CC(C)(C(=O)Nc1nc(-c2ccccn2)cs1)S(=O)(=O)N1CCC1. The molecule has 0 aromatic carbocycles. The van der Waals surface area contributed by atoms with Gasteiger partial charge in [0.25, 0.3) is 0 Å². The van der Waals surface area contributed by atoms with Gasteiger partial charge < -0.3 is 5.32 Å². The molecule has 128 valence electrons. The zero-order chi connectivity index (χ0) is 17.4. The number of amides is 1. The van der Waals surface area contributed by atoms with E-state index in [1.807, 2.05) is 18.2 Å². The van der Waals surface area contributed by atoms with Gasteiger partial charge in [0, 0.05) is 24.7 Å². The Kier molecular flexibility index (Phi) is 4.41. The second-order valence-corrected chi connectivity index (χ2v) is 9.32. The predicted molar refractivity (Wildman–Crippen MR) is 93.2 cm³/mol. The Balaban J connectivity index is 1.76. The van der Waals surface area contributed by atoms with Crippen LogP contribution in [0.5, 0.6) is 0 Å². The molecule has 1 aliphatic rings. The highest BCUT2D eigenvalue weighted by molar-refractivity contribution is 7.91. The molecule has 1 N–H and O–H groups in total. The van der Waals surface area contributed by atoms with Crippen LogP contribution < -0.4 is 5.32 Å². The minimum absolute atomic E-state index is 0.354. The fourth-order valence-electron chi connectivity index (χ4n) is 2.18. The van der Waals surface area contributed by atoms with Crippen molar-refractivity contribution < 1.29 is 13.2 Å². The molecule has 0 aliphatic carbocycles. The molecule has 0 atom stereocenters. The van der Waals surface area contributed by atoms with E-state index < -0.39 is 20.7 Å². The van der Waals surface area contributed by atoms with E-state index in [1.165, 1.54) is 29.5 Å². The number of hydrogen-bond acceptors (Lipinski definition) is 6. The van der Waals surface area contributed by atoms with Crippen LogP contribution in [-0.4, -0.2) is 46.4 Å². The smallest absolute Gasteiger partial charge is 0.248 e. The largest absolute Gasteiger partial charge is 0.301 e. The summed E-state index contributed by atoms with van der Waals surface area (Å²) in [5.74, 6) is -0.587. The summed E-state index contributed by atoms with van der Waals surface area (Å²) in [5.41, 5.74) is 1.33. The molecule has 2 aromatic heterocycles. The van der Waals surface area contributed by atoms with Crippen LogP contribution in [0.1, 0.15) is 20.3 Å². The van der Waals surface area contributed by atoms with Gasteiger partial charge in [0.15, 0.2) is 9.88 Å². The van der Waals surface area contributed by atoms with E-state index in [0.717, 1.165) is 6.42 Å². The maximum absolute atomic E-state index is 12.5. The summed E-state index contributed by atoms with van der Waals surface area (Å²) in [6, 6.07) is 5.48. The lowest BCUT2D eigenvalue weighted by Gasteiger charge is -2.36. The Labute approximate surface area is 144 Å². The first-order chi connectivity index (χ1) is 11.3. The van der Waals surface area contributed by atoms with E-state index in [2.05, 4.69) is 15.3 Å². The average Bonchev–Trinajstić information content (AvgIpc) is 2.94. The highest BCUT2D eigenvalue weighted by Crippen LogP contribution is 2.28. The number of rotatable bonds is 5. The Hall–Kier alpha value is -1.84. The van der Waals surface area contributed by atoms with E-state index in [1.54, 1.807) is 11.6 Å². The summed E-state index contributed by atoms with van der Waals surface area (Å²) in [7, 11) is -3.68. The van der Waals surface area contributed by atoms with Gasteiger partial charge in [0.1, 0.15) is 5.69 Å². The molecule has 0 saturated carbocycles. The number of pyridine rings is 1. The van der Waals surface area contributed by atoms with E-state index in [0.29, 0.717) is 29.6 Å². The molecule has 7 nitrogen and oxygen atoms in total. The molecule has 0 spiro atoms. The van der Waals surface area contributed by atoms with Crippen LogP contribution in [0.4, 0.5) is 5.13 Å². The normalized spacial score (nSPS) is 15.8. The van der Waals surface area contributed by atoms with Crippen LogP contribution in [0.3, 0.4) is 0 Å². The molecule has 3 heterocycles. The van der Waals surface area contributed by atoms with E-state index in [-0.39, 0.29) is 0 Å². The summed E-state index contributed by atoms with van der Waals surface area (Å²) >= 11 is 1.24. The number of thiazole rings is 1. The molecule has 1 fully saturated rings. The third-order valence-corrected chi connectivity index (χ3v) is 7.28.